The molecule has 3 nitrogen and oxygen atoms in total. The molecule has 26 heavy (non-hydrogen) atoms. The van der Waals surface area contributed by atoms with E-state index in [1.807, 2.05) is 85.5 Å². The Labute approximate surface area is 158 Å². The first-order valence-corrected chi connectivity index (χ1v) is 8.95. The normalized spacial score (nSPS) is 15.9. The zero-order valence-corrected chi connectivity index (χ0v) is 15.4. The van der Waals surface area contributed by atoms with Crippen LogP contribution in [0, 0.1) is 13.8 Å². The predicted octanol–water partition coefficient (Wildman–Crippen LogP) is 5.73. The van der Waals surface area contributed by atoms with Crippen molar-refractivity contribution in [3.63, 3.8) is 0 Å². The Morgan fingerprint density at radius 3 is 2.46 bits per heavy atom. The maximum absolute atomic E-state index is 13.1. The third-order valence-electron chi connectivity index (χ3n) is 4.75. The first kappa shape index (κ1) is 16.7. The maximum Gasteiger partial charge on any atom is 0.260 e. The molecule has 1 N–H and O–H groups in total. The van der Waals surface area contributed by atoms with Crippen molar-refractivity contribution in [3.05, 3.63) is 94.0 Å². The third kappa shape index (κ3) is 2.74. The summed E-state index contributed by atoms with van der Waals surface area (Å²) in [4.78, 5) is 15.0. The number of halogens is 1. The minimum Gasteiger partial charge on any atom is -0.360 e. The van der Waals surface area contributed by atoms with E-state index in [2.05, 4.69) is 5.32 Å². The predicted molar refractivity (Wildman–Crippen MR) is 107 cm³/mol. The van der Waals surface area contributed by atoms with Gasteiger partial charge < -0.3 is 5.32 Å². The van der Waals surface area contributed by atoms with Crippen LogP contribution in [0.5, 0.6) is 0 Å². The molecule has 0 saturated heterocycles. The van der Waals surface area contributed by atoms with Crippen LogP contribution in [-0.2, 0) is 0 Å². The fourth-order valence-corrected chi connectivity index (χ4v) is 3.71. The number of amides is 1. The van der Waals surface area contributed by atoms with E-state index >= 15 is 0 Å². The molecule has 130 valence electrons. The summed E-state index contributed by atoms with van der Waals surface area (Å²) in [6, 6.07) is 21.5. The van der Waals surface area contributed by atoms with E-state index in [1.165, 1.54) is 0 Å². The molecule has 4 heteroatoms. The molecule has 0 spiro atoms. The molecule has 0 bridgehead atoms. The van der Waals surface area contributed by atoms with E-state index in [0.717, 1.165) is 33.6 Å². The number of hydrogen-bond donors (Lipinski definition) is 1. The Bertz CT molecular complexity index is 999. The second-order valence-corrected chi connectivity index (χ2v) is 6.99. The first-order chi connectivity index (χ1) is 12.6. The highest BCUT2D eigenvalue weighted by atomic mass is 35.5. The number of fused-ring (bicyclic) bond motifs is 1. The highest BCUT2D eigenvalue weighted by molar-refractivity contribution is 6.33. The van der Waals surface area contributed by atoms with Crippen LogP contribution in [0.2, 0.25) is 5.02 Å². The smallest absolute Gasteiger partial charge is 0.260 e. The van der Waals surface area contributed by atoms with Gasteiger partial charge in [-0.05, 0) is 49.2 Å². The van der Waals surface area contributed by atoms with Crippen molar-refractivity contribution in [2.75, 3.05) is 10.2 Å². The third-order valence-corrected chi connectivity index (χ3v) is 5.07. The van der Waals surface area contributed by atoms with Crippen LogP contribution in [0.15, 0.2) is 66.7 Å². The average Bonchev–Trinajstić information content (AvgIpc) is 2.90. The zero-order chi connectivity index (χ0) is 18.3. The summed E-state index contributed by atoms with van der Waals surface area (Å²) in [6.45, 7) is 4.02. The van der Waals surface area contributed by atoms with Gasteiger partial charge in [-0.3, -0.25) is 9.69 Å². The lowest BCUT2D eigenvalue weighted by Gasteiger charge is -2.28. The zero-order valence-electron chi connectivity index (χ0n) is 14.7. The average molecular weight is 363 g/mol. The number of anilines is 2. The van der Waals surface area contributed by atoms with Gasteiger partial charge in [-0.25, -0.2) is 0 Å². The second-order valence-electron chi connectivity index (χ2n) is 6.58. The van der Waals surface area contributed by atoms with Crippen molar-refractivity contribution in [2.24, 2.45) is 0 Å². The molecule has 0 aromatic heterocycles. The van der Waals surface area contributed by atoms with Gasteiger partial charge in [0.15, 0.2) is 0 Å². The molecular weight excluding hydrogens is 344 g/mol. The molecule has 4 rings (SSSR count). The Hall–Kier alpha value is -2.78. The van der Waals surface area contributed by atoms with Gasteiger partial charge in [0.05, 0.1) is 10.7 Å². The minimum atomic E-state index is -0.306. The quantitative estimate of drug-likeness (QED) is 0.645. The van der Waals surface area contributed by atoms with Crippen LogP contribution < -0.4 is 10.2 Å². The lowest BCUT2D eigenvalue weighted by atomic mass is 10.1. The van der Waals surface area contributed by atoms with Gasteiger partial charge in [0, 0.05) is 16.8 Å². The topological polar surface area (TPSA) is 32.3 Å². The van der Waals surface area contributed by atoms with Crippen LogP contribution in [0.25, 0.3) is 0 Å². The molecule has 0 aliphatic carbocycles. The summed E-state index contributed by atoms with van der Waals surface area (Å²) in [6.07, 6.45) is -0.306. The van der Waals surface area contributed by atoms with Crippen LogP contribution in [0.4, 0.5) is 11.4 Å². The molecule has 1 heterocycles. The summed E-state index contributed by atoms with van der Waals surface area (Å²) < 4.78 is 0. The van der Waals surface area contributed by atoms with Gasteiger partial charge in [-0.1, -0.05) is 54.1 Å². The Morgan fingerprint density at radius 1 is 0.962 bits per heavy atom. The number of carbonyl (C=O) groups excluding carboxylic acids is 1. The summed E-state index contributed by atoms with van der Waals surface area (Å²) in [7, 11) is 0. The van der Waals surface area contributed by atoms with Gasteiger partial charge >= 0.3 is 0 Å². The van der Waals surface area contributed by atoms with E-state index in [9.17, 15) is 4.79 Å². The molecule has 3 aromatic carbocycles. The summed E-state index contributed by atoms with van der Waals surface area (Å²) in [5, 5.41) is 4.12. The standard InChI is InChI=1S/C22H19ClN2O/c1-14-11-12-19(18(23)13-14)24-21-16-8-4-5-9-17(16)22(26)25(21)20-10-6-3-7-15(20)2/h3-13,21,24H,1-2H3. The Morgan fingerprint density at radius 2 is 1.69 bits per heavy atom. The largest absolute Gasteiger partial charge is 0.360 e. The molecular formula is C22H19ClN2O. The number of rotatable bonds is 3. The van der Waals surface area contributed by atoms with E-state index in [-0.39, 0.29) is 12.1 Å². The van der Waals surface area contributed by atoms with Gasteiger partial charge in [0.2, 0.25) is 0 Å². The number of para-hydroxylation sites is 1. The SMILES string of the molecule is Cc1ccc(NC2c3ccccc3C(=O)N2c2ccccc2C)c(Cl)c1. The molecule has 1 aliphatic heterocycles. The molecule has 0 saturated carbocycles. The maximum atomic E-state index is 13.1. The summed E-state index contributed by atoms with van der Waals surface area (Å²) in [5.41, 5.74) is 5.53. The van der Waals surface area contributed by atoms with Gasteiger partial charge in [0.1, 0.15) is 6.17 Å². The van der Waals surface area contributed by atoms with Crippen molar-refractivity contribution >= 4 is 28.9 Å². The molecule has 3 aromatic rings. The van der Waals surface area contributed by atoms with E-state index in [0.29, 0.717) is 5.02 Å². The summed E-state index contributed by atoms with van der Waals surface area (Å²) >= 11 is 6.43. The molecule has 1 aliphatic rings. The van der Waals surface area contributed by atoms with E-state index in [1.54, 1.807) is 0 Å². The van der Waals surface area contributed by atoms with E-state index < -0.39 is 0 Å². The number of nitrogens with one attached hydrogen (secondary N) is 1. The lowest BCUT2D eigenvalue weighted by molar-refractivity contribution is 0.0993. The number of nitrogens with zero attached hydrogens (tertiary/aromatic N) is 1. The Balaban J connectivity index is 1.82. The Kier molecular flexibility index (Phi) is 4.17. The fourth-order valence-electron chi connectivity index (χ4n) is 3.43. The summed E-state index contributed by atoms with van der Waals surface area (Å²) in [5.74, 6) is -0.00404. The van der Waals surface area contributed by atoms with Gasteiger partial charge in [0.25, 0.3) is 5.91 Å². The van der Waals surface area contributed by atoms with Crippen LogP contribution in [0.3, 0.4) is 0 Å². The van der Waals surface area contributed by atoms with Crippen molar-refractivity contribution < 1.29 is 4.79 Å². The van der Waals surface area contributed by atoms with E-state index in [4.69, 9.17) is 11.6 Å². The van der Waals surface area contributed by atoms with Crippen LogP contribution in [-0.4, -0.2) is 5.91 Å². The highest BCUT2D eigenvalue weighted by Crippen LogP contribution is 2.40. The van der Waals surface area contributed by atoms with Crippen molar-refractivity contribution in [1.82, 2.24) is 0 Å². The lowest BCUT2D eigenvalue weighted by Crippen LogP contribution is -2.32. The molecule has 1 amide bonds. The molecule has 0 radical (unpaired) electrons. The number of carbonyl (C=O) groups is 1. The minimum absolute atomic E-state index is 0.00404. The van der Waals surface area contributed by atoms with Crippen molar-refractivity contribution in [2.45, 2.75) is 20.0 Å². The van der Waals surface area contributed by atoms with Gasteiger partial charge in [-0.2, -0.15) is 0 Å². The molecule has 1 unspecified atom stereocenters. The van der Waals surface area contributed by atoms with Crippen molar-refractivity contribution in [3.8, 4) is 0 Å². The number of aryl methyl sites for hydroxylation is 2. The number of hydrogen-bond acceptors (Lipinski definition) is 2. The molecule has 1 atom stereocenters. The molecule has 0 fully saturated rings. The first-order valence-electron chi connectivity index (χ1n) is 8.57. The van der Waals surface area contributed by atoms with Crippen LogP contribution >= 0.6 is 11.6 Å². The van der Waals surface area contributed by atoms with Gasteiger partial charge in [-0.15, -0.1) is 0 Å². The van der Waals surface area contributed by atoms with Crippen LogP contribution in [0.1, 0.15) is 33.2 Å². The second kappa shape index (κ2) is 6.50. The monoisotopic (exact) mass is 362 g/mol. The van der Waals surface area contributed by atoms with Crippen molar-refractivity contribution in [1.29, 1.82) is 0 Å². The highest BCUT2D eigenvalue weighted by Gasteiger charge is 2.38. The number of benzene rings is 3. The fraction of sp³-hybridized carbons (Fsp3) is 0.136.